The van der Waals surface area contributed by atoms with Crippen molar-refractivity contribution in [1.82, 2.24) is 4.98 Å². The summed E-state index contributed by atoms with van der Waals surface area (Å²) in [5.74, 6) is -0.237. The molecule has 190 valence electrons. The fraction of sp³-hybridized carbons (Fsp3) is 0.115. The number of carboxylic acids is 1. The van der Waals surface area contributed by atoms with Crippen LogP contribution in [0.3, 0.4) is 0 Å². The number of carbonyl (C=O) groups is 2. The molecule has 0 aliphatic heterocycles. The summed E-state index contributed by atoms with van der Waals surface area (Å²) in [5.41, 5.74) is 1.23. The van der Waals surface area contributed by atoms with E-state index in [0.29, 0.717) is 23.1 Å². The van der Waals surface area contributed by atoms with Crippen LogP contribution in [0, 0.1) is 6.92 Å². The number of benzene rings is 3. The molecule has 4 rings (SSSR count). The van der Waals surface area contributed by atoms with E-state index in [9.17, 15) is 23.1 Å². The summed E-state index contributed by atoms with van der Waals surface area (Å²) in [7, 11) is -4.11. The lowest BCUT2D eigenvalue weighted by Crippen LogP contribution is -2.16. The zero-order valence-electron chi connectivity index (χ0n) is 19.9. The molecule has 4 aromatic rings. The molecule has 1 aromatic heterocycles. The molecular formula is C26H23N3O7S. The van der Waals surface area contributed by atoms with Crippen molar-refractivity contribution < 1.29 is 32.3 Å². The Morgan fingerprint density at radius 2 is 1.73 bits per heavy atom. The molecule has 0 bridgehead atoms. The highest BCUT2D eigenvalue weighted by atomic mass is 32.2. The summed E-state index contributed by atoms with van der Waals surface area (Å²) in [6.45, 7) is 3.18. The minimum absolute atomic E-state index is 0.0916. The van der Waals surface area contributed by atoms with Crippen LogP contribution in [0.2, 0.25) is 0 Å². The van der Waals surface area contributed by atoms with Gasteiger partial charge in [-0.3, -0.25) is 9.52 Å². The lowest BCUT2D eigenvalue weighted by Gasteiger charge is -2.13. The molecule has 0 unspecified atom stereocenters. The Morgan fingerprint density at radius 3 is 2.38 bits per heavy atom. The molecule has 3 N–H and O–H groups in total. The summed E-state index contributed by atoms with van der Waals surface area (Å²) in [5, 5.41) is 12.0. The van der Waals surface area contributed by atoms with Gasteiger partial charge in [-0.05, 0) is 61.5 Å². The number of sulfonamides is 1. The van der Waals surface area contributed by atoms with Crippen LogP contribution in [0.25, 0.3) is 11.5 Å². The Labute approximate surface area is 213 Å². The van der Waals surface area contributed by atoms with Gasteiger partial charge in [-0.1, -0.05) is 18.2 Å². The average Bonchev–Trinajstić information content (AvgIpc) is 3.24. The largest absolute Gasteiger partial charge is 0.487 e. The van der Waals surface area contributed by atoms with Crippen molar-refractivity contribution in [3.8, 4) is 17.2 Å². The van der Waals surface area contributed by atoms with Gasteiger partial charge >= 0.3 is 5.97 Å². The van der Waals surface area contributed by atoms with Gasteiger partial charge in [0.2, 0.25) is 11.8 Å². The molecule has 0 radical (unpaired) electrons. The van der Waals surface area contributed by atoms with Crippen molar-refractivity contribution in [1.29, 1.82) is 0 Å². The second-order valence-corrected chi connectivity index (χ2v) is 9.68. The van der Waals surface area contributed by atoms with Crippen molar-refractivity contribution in [2.45, 2.75) is 25.3 Å². The van der Waals surface area contributed by atoms with E-state index in [4.69, 9.17) is 9.15 Å². The maximum Gasteiger partial charge on any atom is 0.337 e. The number of hydrogen-bond acceptors (Lipinski definition) is 7. The van der Waals surface area contributed by atoms with Crippen LogP contribution in [0.15, 0.2) is 82.1 Å². The standard InChI is InChI=1S/C26H23N3O7S/c1-16-24(28-25(36-16)18-6-4-3-5-7-18)15-35-20-9-11-21(12-10-20)37(33,34)29-23-13-8-19(27-17(2)30)14-22(23)26(31)32/h3-14,29H,15H2,1-2H3,(H,27,30)(H,31,32). The van der Waals surface area contributed by atoms with E-state index in [-0.39, 0.29) is 34.3 Å². The van der Waals surface area contributed by atoms with Crippen molar-refractivity contribution in [2.75, 3.05) is 10.0 Å². The van der Waals surface area contributed by atoms with Gasteiger partial charge in [-0.2, -0.15) is 0 Å². The second kappa shape index (κ2) is 10.5. The van der Waals surface area contributed by atoms with Gasteiger partial charge in [0.05, 0.1) is 16.1 Å². The van der Waals surface area contributed by atoms with Gasteiger partial charge in [0.1, 0.15) is 23.8 Å². The maximum atomic E-state index is 12.9. The molecular weight excluding hydrogens is 498 g/mol. The SMILES string of the molecule is CC(=O)Nc1ccc(NS(=O)(=O)c2ccc(OCc3nc(-c4ccccc4)oc3C)cc2)c(C(=O)O)c1. The molecule has 0 atom stereocenters. The van der Waals surface area contributed by atoms with E-state index in [1.807, 2.05) is 30.3 Å². The number of aromatic carboxylic acids is 1. The van der Waals surface area contributed by atoms with Crippen molar-refractivity contribution >= 4 is 33.3 Å². The highest BCUT2D eigenvalue weighted by molar-refractivity contribution is 7.92. The maximum absolute atomic E-state index is 12.9. The number of nitrogens with zero attached hydrogens (tertiary/aromatic N) is 1. The Hall–Kier alpha value is -4.64. The van der Waals surface area contributed by atoms with E-state index in [0.717, 1.165) is 5.56 Å². The van der Waals surface area contributed by atoms with Crippen molar-refractivity contribution in [3.63, 3.8) is 0 Å². The van der Waals surface area contributed by atoms with E-state index >= 15 is 0 Å². The molecule has 10 nitrogen and oxygen atoms in total. The third-order valence-electron chi connectivity index (χ3n) is 5.24. The van der Waals surface area contributed by atoms with Gasteiger partial charge in [0, 0.05) is 18.2 Å². The third-order valence-corrected chi connectivity index (χ3v) is 6.62. The number of carbonyl (C=O) groups excluding carboxylic acids is 1. The van der Waals surface area contributed by atoms with Crippen molar-refractivity contribution in [3.05, 3.63) is 89.8 Å². The molecule has 0 fully saturated rings. The Balaban J connectivity index is 1.45. The number of amides is 1. The molecule has 0 spiro atoms. The highest BCUT2D eigenvalue weighted by Crippen LogP contribution is 2.26. The first-order valence-corrected chi connectivity index (χ1v) is 12.5. The van der Waals surface area contributed by atoms with Gasteiger partial charge in [-0.25, -0.2) is 18.2 Å². The van der Waals surface area contributed by atoms with Crippen LogP contribution in [-0.2, 0) is 21.4 Å². The topological polar surface area (TPSA) is 148 Å². The summed E-state index contributed by atoms with van der Waals surface area (Å²) in [6, 6.07) is 19.0. The van der Waals surface area contributed by atoms with Crippen molar-refractivity contribution in [2.24, 2.45) is 0 Å². The summed E-state index contributed by atoms with van der Waals surface area (Å²) in [6.07, 6.45) is 0. The normalized spacial score (nSPS) is 11.1. The number of aryl methyl sites for hydroxylation is 1. The Kier molecular flexibility index (Phi) is 7.25. The number of hydrogen-bond donors (Lipinski definition) is 3. The first-order valence-electron chi connectivity index (χ1n) is 11.0. The van der Waals surface area contributed by atoms with Crippen LogP contribution in [0.5, 0.6) is 5.75 Å². The monoisotopic (exact) mass is 521 g/mol. The van der Waals surface area contributed by atoms with Gasteiger partial charge < -0.3 is 19.6 Å². The molecule has 0 aliphatic rings. The zero-order chi connectivity index (χ0) is 26.6. The minimum Gasteiger partial charge on any atom is -0.487 e. The number of rotatable bonds is 9. The molecule has 1 heterocycles. The summed E-state index contributed by atoms with van der Waals surface area (Å²) in [4.78, 5) is 27.3. The predicted octanol–water partition coefficient (Wildman–Crippen LogP) is 4.69. The van der Waals surface area contributed by atoms with E-state index < -0.39 is 16.0 Å². The van der Waals surface area contributed by atoms with Crippen LogP contribution in [-0.4, -0.2) is 30.4 Å². The van der Waals surface area contributed by atoms with E-state index in [1.165, 1.54) is 49.4 Å². The minimum atomic E-state index is -4.11. The molecule has 0 aliphatic carbocycles. The van der Waals surface area contributed by atoms with E-state index in [2.05, 4.69) is 15.0 Å². The zero-order valence-corrected chi connectivity index (χ0v) is 20.7. The van der Waals surface area contributed by atoms with Gasteiger partial charge in [0.25, 0.3) is 10.0 Å². The molecule has 0 saturated heterocycles. The van der Waals surface area contributed by atoms with Crippen LogP contribution in [0.1, 0.15) is 28.7 Å². The number of ether oxygens (including phenoxy) is 1. The first-order chi connectivity index (χ1) is 17.6. The molecule has 11 heteroatoms. The van der Waals surface area contributed by atoms with Gasteiger partial charge in [-0.15, -0.1) is 0 Å². The van der Waals surface area contributed by atoms with Crippen LogP contribution >= 0.6 is 0 Å². The fourth-order valence-corrected chi connectivity index (χ4v) is 4.51. The average molecular weight is 522 g/mol. The fourth-order valence-electron chi connectivity index (χ4n) is 3.43. The number of anilines is 2. The van der Waals surface area contributed by atoms with Crippen LogP contribution < -0.4 is 14.8 Å². The summed E-state index contributed by atoms with van der Waals surface area (Å²) < 4.78 is 39.5. The van der Waals surface area contributed by atoms with Gasteiger partial charge in [0.15, 0.2) is 0 Å². The molecule has 3 aromatic carbocycles. The van der Waals surface area contributed by atoms with Crippen LogP contribution in [0.4, 0.5) is 11.4 Å². The highest BCUT2D eigenvalue weighted by Gasteiger charge is 2.20. The number of carboxylic acid groups (broad SMARTS) is 1. The molecule has 37 heavy (non-hydrogen) atoms. The van der Waals surface area contributed by atoms with E-state index in [1.54, 1.807) is 6.92 Å². The summed E-state index contributed by atoms with van der Waals surface area (Å²) >= 11 is 0. The first kappa shape index (κ1) is 25.5. The number of nitrogens with one attached hydrogen (secondary N) is 2. The quantitative estimate of drug-likeness (QED) is 0.287. The third kappa shape index (κ3) is 6.14. The second-order valence-electron chi connectivity index (χ2n) is 8.00. The smallest absolute Gasteiger partial charge is 0.337 e. The molecule has 0 saturated carbocycles. The Bertz CT molecular complexity index is 1550. The lowest BCUT2D eigenvalue weighted by atomic mass is 10.1. The number of oxazole rings is 1. The molecule has 1 amide bonds. The Morgan fingerprint density at radius 1 is 1.03 bits per heavy atom. The lowest BCUT2D eigenvalue weighted by molar-refractivity contribution is -0.114. The predicted molar refractivity (Wildman–Crippen MR) is 136 cm³/mol. The number of aromatic nitrogens is 1.